The molecule has 1 aromatic carbocycles. The van der Waals surface area contributed by atoms with E-state index in [-0.39, 0.29) is 5.91 Å². The van der Waals surface area contributed by atoms with Crippen molar-refractivity contribution >= 4 is 22.9 Å². The summed E-state index contributed by atoms with van der Waals surface area (Å²) >= 11 is 1.81. The monoisotopic (exact) mass is 312 g/mol. The molecule has 0 bridgehead atoms. The topological polar surface area (TPSA) is 23.6 Å². The molecule has 0 radical (unpaired) electrons. The van der Waals surface area contributed by atoms with E-state index >= 15 is 0 Å². The normalized spacial score (nSPS) is 20.0. The zero-order chi connectivity index (χ0) is 15.1. The van der Waals surface area contributed by atoms with Crippen molar-refractivity contribution in [3.63, 3.8) is 0 Å². The molecule has 0 N–H and O–H groups in total. The molecule has 1 aromatic heterocycles. The van der Waals surface area contributed by atoms with Crippen LogP contribution in [0.15, 0.2) is 35.7 Å². The van der Waals surface area contributed by atoms with Crippen LogP contribution in [0.4, 0.5) is 5.69 Å². The highest BCUT2D eigenvalue weighted by molar-refractivity contribution is 7.10. The van der Waals surface area contributed by atoms with Gasteiger partial charge in [0, 0.05) is 29.7 Å². The number of nitrogens with zero attached hydrogens (tertiary/aromatic N) is 2. The molecule has 22 heavy (non-hydrogen) atoms. The third-order valence-electron chi connectivity index (χ3n) is 4.81. The van der Waals surface area contributed by atoms with Crippen molar-refractivity contribution in [1.82, 2.24) is 4.90 Å². The molecule has 3 heterocycles. The number of hydrogen-bond acceptors (Lipinski definition) is 3. The van der Waals surface area contributed by atoms with Crippen LogP contribution in [0.1, 0.15) is 22.9 Å². The Morgan fingerprint density at radius 3 is 3.05 bits per heavy atom. The van der Waals surface area contributed by atoms with E-state index in [2.05, 4.69) is 47.5 Å². The summed E-state index contributed by atoms with van der Waals surface area (Å²) in [6.07, 6.45) is 2.04. The van der Waals surface area contributed by atoms with Gasteiger partial charge < -0.3 is 9.80 Å². The van der Waals surface area contributed by atoms with Crippen LogP contribution >= 0.6 is 11.3 Å². The highest BCUT2D eigenvalue weighted by Crippen LogP contribution is 2.32. The number of carbonyl (C=O) groups is 1. The first-order valence-corrected chi connectivity index (χ1v) is 8.78. The first kappa shape index (κ1) is 13.8. The summed E-state index contributed by atoms with van der Waals surface area (Å²) in [5.74, 6) is 0.250. The molecule has 1 atom stereocenters. The predicted octanol–water partition coefficient (Wildman–Crippen LogP) is 3.08. The number of amides is 1. The number of thiophene rings is 1. The van der Waals surface area contributed by atoms with Crippen LogP contribution in [0.5, 0.6) is 0 Å². The second-order valence-corrected chi connectivity index (χ2v) is 7.24. The molecule has 114 valence electrons. The second-order valence-electron chi connectivity index (χ2n) is 6.24. The maximum Gasteiger partial charge on any atom is 0.242 e. The summed E-state index contributed by atoms with van der Waals surface area (Å²) in [6, 6.07) is 11.0. The molecule has 0 spiro atoms. The van der Waals surface area contributed by atoms with E-state index in [1.807, 2.05) is 16.2 Å². The Morgan fingerprint density at radius 2 is 2.14 bits per heavy atom. The Labute approximate surface area is 135 Å². The van der Waals surface area contributed by atoms with Gasteiger partial charge in [0.2, 0.25) is 5.91 Å². The molecule has 3 nitrogen and oxygen atoms in total. The summed E-state index contributed by atoms with van der Waals surface area (Å²) in [5, 5.41) is 2.14. The lowest BCUT2D eigenvalue weighted by Gasteiger charge is -2.31. The van der Waals surface area contributed by atoms with E-state index in [9.17, 15) is 4.79 Å². The fourth-order valence-corrected chi connectivity index (χ4v) is 4.47. The minimum absolute atomic E-state index is 0.250. The third kappa shape index (κ3) is 2.31. The summed E-state index contributed by atoms with van der Waals surface area (Å²) in [5.41, 5.74) is 3.93. The zero-order valence-corrected chi connectivity index (χ0v) is 13.6. The van der Waals surface area contributed by atoms with Crippen molar-refractivity contribution in [3.05, 3.63) is 51.7 Å². The maximum absolute atomic E-state index is 12.7. The molecule has 0 aliphatic carbocycles. The lowest BCUT2D eigenvalue weighted by Crippen LogP contribution is -2.44. The van der Waals surface area contributed by atoms with Crippen LogP contribution in [0.2, 0.25) is 0 Å². The number of fused-ring (bicyclic) bond motifs is 2. The van der Waals surface area contributed by atoms with E-state index in [1.54, 1.807) is 0 Å². The van der Waals surface area contributed by atoms with Gasteiger partial charge in [-0.2, -0.15) is 0 Å². The van der Waals surface area contributed by atoms with Gasteiger partial charge in [0.25, 0.3) is 0 Å². The van der Waals surface area contributed by atoms with Crippen LogP contribution in [0.3, 0.4) is 0 Å². The maximum atomic E-state index is 12.7. The number of benzene rings is 1. The number of hydrogen-bond donors (Lipinski definition) is 0. The van der Waals surface area contributed by atoms with E-state index in [1.165, 1.54) is 21.7 Å². The molecule has 1 amide bonds. The predicted molar refractivity (Wildman–Crippen MR) is 90.4 cm³/mol. The van der Waals surface area contributed by atoms with Crippen molar-refractivity contribution in [2.45, 2.75) is 32.4 Å². The molecular weight excluding hydrogens is 292 g/mol. The summed E-state index contributed by atoms with van der Waals surface area (Å²) < 4.78 is 0. The largest absolute Gasteiger partial charge is 0.359 e. The Kier molecular flexibility index (Phi) is 3.41. The van der Waals surface area contributed by atoms with E-state index in [0.29, 0.717) is 12.6 Å². The van der Waals surface area contributed by atoms with Crippen LogP contribution in [-0.4, -0.2) is 29.9 Å². The first-order valence-electron chi connectivity index (χ1n) is 7.90. The Bertz CT molecular complexity index is 709. The van der Waals surface area contributed by atoms with E-state index in [0.717, 1.165) is 25.9 Å². The van der Waals surface area contributed by atoms with Gasteiger partial charge in [-0.25, -0.2) is 0 Å². The summed E-state index contributed by atoms with van der Waals surface area (Å²) in [6.45, 7) is 4.34. The fourth-order valence-electron chi connectivity index (χ4n) is 3.58. The fraction of sp³-hybridized carbons (Fsp3) is 0.389. The standard InChI is InChI=1S/C18H20N2OS/c1-13-10-14-4-2-3-5-16(14)20(13)12-18(21)19-8-6-17-15(11-19)7-9-22-17/h2-5,7,9,13H,6,8,10-12H2,1H3/t13-/m1/s1. The lowest BCUT2D eigenvalue weighted by molar-refractivity contribution is -0.130. The number of carbonyl (C=O) groups excluding carboxylic acids is 1. The van der Waals surface area contributed by atoms with Gasteiger partial charge in [0.15, 0.2) is 0 Å². The molecule has 2 aliphatic heterocycles. The molecule has 2 aromatic rings. The minimum atomic E-state index is 0.250. The average Bonchev–Trinajstić information content (AvgIpc) is 3.11. The average molecular weight is 312 g/mol. The van der Waals surface area contributed by atoms with Gasteiger partial charge in [-0.1, -0.05) is 18.2 Å². The zero-order valence-electron chi connectivity index (χ0n) is 12.8. The molecule has 0 saturated carbocycles. The number of para-hydroxylation sites is 1. The minimum Gasteiger partial charge on any atom is -0.359 e. The van der Waals surface area contributed by atoms with Crippen LogP contribution in [-0.2, 0) is 24.2 Å². The Morgan fingerprint density at radius 1 is 1.27 bits per heavy atom. The van der Waals surface area contributed by atoms with Gasteiger partial charge >= 0.3 is 0 Å². The first-order chi connectivity index (χ1) is 10.7. The van der Waals surface area contributed by atoms with E-state index < -0.39 is 0 Å². The van der Waals surface area contributed by atoms with E-state index in [4.69, 9.17) is 0 Å². The van der Waals surface area contributed by atoms with Crippen molar-refractivity contribution in [2.75, 3.05) is 18.0 Å². The smallest absolute Gasteiger partial charge is 0.242 e. The van der Waals surface area contributed by atoms with Gasteiger partial charge in [-0.3, -0.25) is 4.79 Å². The Hall–Kier alpha value is -1.81. The van der Waals surface area contributed by atoms with Crippen molar-refractivity contribution < 1.29 is 4.79 Å². The molecule has 0 fully saturated rings. The Balaban J connectivity index is 1.49. The molecular formula is C18H20N2OS. The van der Waals surface area contributed by atoms with Gasteiger partial charge in [0.1, 0.15) is 0 Å². The van der Waals surface area contributed by atoms with Crippen LogP contribution in [0, 0.1) is 0 Å². The molecule has 0 saturated heterocycles. The third-order valence-corrected chi connectivity index (χ3v) is 5.84. The van der Waals surface area contributed by atoms with Crippen molar-refractivity contribution in [1.29, 1.82) is 0 Å². The lowest BCUT2D eigenvalue weighted by atomic mass is 10.1. The van der Waals surface area contributed by atoms with Crippen LogP contribution in [0.25, 0.3) is 0 Å². The molecule has 4 rings (SSSR count). The number of rotatable bonds is 2. The van der Waals surface area contributed by atoms with Crippen molar-refractivity contribution in [2.24, 2.45) is 0 Å². The van der Waals surface area contributed by atoms with Crippen molar-refractivity contribution in [3.8, 4) is 0 Å². The highest BCUT2D eigenvalue weighted by atomic mass is 32.1. The summed E-state index contributed by atoms with van der Waals surface area (Å²) in [4.78, 5) is 18.5. The highest BCUT2D eigenvalue weighted by Gasteiger charge is 2.29. The van der Waals surface area contributed by atoms with Gasteiger partial charge in [0.05, 0.1) is 6.54 Å². The summed E-state index contributed by atoms with van der Waals surface area (Å²) in [7, 11) is 0. The SMILES string of the molecule is C[C@@H]1Cc2ccccc2N1CC(=O)N1CCc2sccc2C1. The molecule has 0 unspecified atom stereocenters. The second kappa shape index (κ2) is 5.43. The molecule has 2 aliphatic rings. The van der Waals surface area contributed by atoms with Crippen LogP contribution < -0.4 is 4.90 Å². The van der Waals surface area contributed by atoms with Gasteiger partial charge in [-0.05, 0) is 48.4 Å². The quantitative estimate of drug-likeness (QED) is 0.851. The molecule has 4 heteroatoms. The number of anilines is 1. The van der Waals surface area contributed by atoms with Gasteiger partial charge in [-0.15, -0.1) is 11.3 Å².